The fourth-order valence-corrected chi connectivity index (χ4v) is 4.81. The number of carbonyl (C=O) groups is 1. The second-order valence-corrected chi connectivity index (χ2v) is 9.77. The summed E-state index contributed by atoms with van der Waals surface area (Å²) >= 11 is 0. The van der Waals surface area contributed by atoms with Crippen molar-refractivity contribution in [2.24, 2.45) is 5.10 Å². The smallest absolute Gasteiger partial charge is 0.264 e. The van der Waals surface area contributed by atoms with Crippen molar-refractivity contribution in [1.29, 1.82) is 0 Å². The van der Waals surface area contributed by atoms with Gasteiger partial charge in [0.05, 0.1) is 38.1 Å². The van der Waals surface area contributed by atoms with Gasteiger partial charge in [0.2, 0.25) is 5.75 Å². The molecule has 1 N–H and O–H groups in total. The van der Waals surface area contributed by atoms with Crippen molar-refractivity contribution in [3.05, 3.63) is 77.4 Å². The molecule has 0 aliphatic heterocycles. The van der Waals surface area contributed by atoms with E-state index in [1.165, 1.54) is 39.7 Å². The third kappa shape index (κ3) is 6.14. The topological polar surface area (TPSA) is 107 Å². The zero-order valence-corrected chi connectivity index (χ0v) is 21.6. The van der Waals surface area contributed by atoms with Gasteiger partial charge in [-0.05, 0) is 50.2 Å². The van der Waals surface area contributed by atoms with Gasteiger partial charge in [-0.3, -0.25) is 9.10 Å². The largest absolute Gasteiger partial charge is 0.493 e. The standard InChI is InChI=1S/C26H29N3O6S/c1-18-6-10-21(11-7-18)29(36(31,32)22-12-8-19(2)9-13-22)17-25(30)28-27-16-20-14-23(33-3)26(35-5)24(15-20)34-4/h6-16H,17H2,1-5H3,(H,28,30)/b27-16-. The van der Waals surface area contributed by atoms with Crippen molar-refractivity contribution >= 4 is 27.8 Å². The van der Waals surface area contributed by atoms with Crippen LogP contribution >= 0.6 is 0 Å². The Kier molecular flexibility index (Phi) is 8.55. The minimum atomic E-state index is -4.01. The number of amides is 1. The van der Waals surface area contributed by atoms with Crippen LogP contribution in [0.25, 0.3) is 0 Å². The van der Waals surface area contributed by atoms with Crippen molar-refractivity contribution in [2.75, 3.05) is 32.2 Å². The Labute approximate surface area is 211 Å². The fourth-order valence-electron chi connectivity index (χ4n) is 3.38. The first-order valence-electron chi connectivity index (χ1n) is 11.0. The van der Waals surface area contributed by atoms with Gasteiger partial charge in [0.25, 0.3) is 15.9 Å². The third-order valence-corrected chi connectivity index (χ3v) is 7.10. The van der Waals surface area contributed by atoms with Crippen LogP contribution in [0.5, 0.6) is 17.2 Å². The second kappa shape index (κ2) is 11.6. The van der Waals surface area contributed by atoms with Gasteiger partial charge in [-0.25, -0.2) is 13.8 Å². The molecule has 0 spiro atoms. The molecule has 3 rings (SSSR count). The highest BCUT2D eigenvalue weighted by molar-refractivity contribution is 7.92. The van der Waals surface area contributed by atoms with Crippen LogP contribution in [0.2, 0.25) is 0 Å². The first-order valence-corrected chi connectivity index (χ1v) is 12.4. The van der Waals surface area contributed by atoms with Crippen LogP contribution in [0, 0.1) is 13.8 Å². The maximum Gasteiger partial charge on any atom is 0.264 e. The van der Waals surface area contributed by atoms with Crippen LogP contribution < -0.4 is 23.9 Å². The Balaban J connectivity index is 1.84. The van der Waals surface area contributed by atoms with E-state index in [1.54, 1.807) is 48.5 Å². The van der Waals surface area contributed by atoms with Gasteiger partial charge < -0.3 is 14.2 Å². The van der Waals surface area contributed by atoms with Crippen LogP contribution in [-0.2, 0) is 14.8 Å². The number of rotatable bonds is 10. The molecule has 0 saturated heterocycles. The molecule has 0 unspecified atom stereocenters. The van der Waals surface area contributed by atoms with Crippen molar-refractivity contribution in [1.82, 2.24) is 5.43 Å². The van der Waals surface area contributed by atoms with Crippen molar-refractivity contribution in [3.63, 3.8) is 0 Å². The van der Waals surface area contributed by atoms with E-state index in [2.05, 4.69) is 10.5 Å². The number of sulfonamides is 1. The van der Waals surface area contributed by atoms with Crippen LogP contribution in [0.1, 0.15) is 16.7 Å². The summed E-state index contributed by atoms with van der Waals surface area (Å²) in [5, 5.41) is 3.98. The summed E-state index contributed by atoms with van der Waals surface area (Å²) < 4.78 is 43.8. The lowest BCUT2D eigenvalue weighted by atomic mass is 10.2. The highest BCUT2D eigenvalue weighted by Crippen LogP contribution is 2.37. The number of aryl methyl sites for hydroxylation is 2. The van der Waals surface area contributed by atoms with E-state index in [-0.39, 0.29) is 4.90 Å². The molecule has 10 heteroatoms. The number of hydrogen-bond acceptors (Lipinski definition) is 7. The lowest BCUT2D eigenvalue weighted by molar-refractivity contribution is -0.119. The number of hydrazone groups is 1. The zero-order valence-electron chi connectivity index (χ0n) is 20.8. The molecule has 1 amide bonds. The summed E-state index contributed by atoms with van der Waals surface area (Å²) in [6.45, 7) is 3.30. The maximum absolute atomic E-state index is 13.4. The van der Waals surface area contributed by atoms with Gasteiger partial charge >= 0.3 is 0 Å². The zero-order chi connectivity index (χ0) is 26.3. The molecule has 0 bridgehead atoms. The SMILES string of the molecule is COc1cc(/C=N\NC(=O)CN(c2ccc(C)cc2)S(=O)(=O)c2ccc(C)cc2)cc(OC)c1OC. The summed E-state index contributed by atoms with van der Waals surface area (Å²) in [6.07, 6.45) is 1.40. The molecule has 9 nitrogen and oxygen atoms in total. The van der Waals surface area contributed by atoms with Crippen molar-refractivity contribution in [3.8, 4) is 17.2 Å². The molecule has 3 aromatic rings. The summed E-state index contributed by atoms with van der Waals surface area (Å²) in [5.41, 5.74) is 5.22. The van der Waals surface area contributed by atoms with E-state index in [0.29, 0.717) is 28.5 Å². The van der Waals surface area contributed by atoms with Crippen molar-refractivity contribution < 1.29 is 27.4 Å². The molecule has 0 atom stereocenters. The van der Waals surface area contributed by atoms with E-state index in [1.807, 2.05) is 13.8 Å². The Hall–Kier alpha value is -4.05. The average Bonchev–Trinajstić information content (AvgIpc) is 2.87. The number of nitrogens with zero attached hydrogens (tertiary/aromatic N) is 2. The van der Waals surface area contributed by atoms with E-state index < -0.39 is 22.5 Å². The first kappa shape index (κ1) is 26.6. The molecule has 0 heterocycles. The Morgan fingerprint density at radius 1 is 0.889 bits per heavy atom. The minimum Gasteiger partial charge on any atom is -0.493 e. The lowest BCUT2D eigenvalue weighted by Gasteiger charge is -2.24. The third-order valence-electron chi connectivity index (χ3n) is 5.31. The number of methoxy groups -OCH3 is 3. The number of benzene rings is 3. The Morgan fingerprint density at radius 2 is 1.42 bits per heavy atom. The van der Waals surface area contributed by atoms with E-state index in [0.717, 1.165) is 15.4 Å². The van der Waals surface area contributed by atoms with E-state index in [9.17, 15) is 13.2 Å². The quantitative estimate of drug-likeness (QED) is 0.329. The molecule has 0 fully saturated rings. The highest BCUT2D eigenvalue weighted by Gasteiger charge is 2.27. The molecule has 36 heavy (non-hydrogen) atoms. The fraction of sp³-hybridized carbons (Fsp3) is 0.231. The molecule has 0 aliphatic rings. The Bertz CT molecular complexity index is 1310. The predicted octanol–water partition coefficient (Wildman–Crippen LogP) is 3.67. The van der Waals surface area contributed by atoms with Gasteiger partial charge in [-0.2, -0.15) is 5.10 Å². The maximum atomic E-state index is 13.4. The lowest BCUT2D eigenvalue weighted by Crippen LogP contribution is -2.39. The second-order valence-electron chi connectivity index (χ2n) is 7.91. The molecule has 0 aliphatic carbocycles. The number of ether oxygens (including phenoxy) is 3. The number of anilines is 1. The van der Waals surface area contributed by atoms with E-state index >= 15 is 0 Å². The monoisotopic (exact) mass is 511 g/mol. The predicted molar refractivity (Wildman–Crippen MR) is 139 cm³/mol. The average molecular weight is 512 g/mol. The number of carbonyl (C=O) groups excluding carboxylic acids is 1. The highest BCUT2D eigenvalue weighted by atomic mass is 32.2. The minimum absolute atomic E-state index is 0.0856. The van der Waals surface area contributed by atoms with Gasteiger partial charge in [0.15, 0.2) is 11.5 Å². The van der Waals surface area contributed by atoms with Gasteiger partial charge in [0.1, 0.15) is 6.54 Å². The normalized spacial score (nSPS) is 11.2. The van der Waals surface area contributed by atoms with Gasteiger partial charge in [0, 0.05) is 5.56 Å². The van der Waals surface area contributed by atoms with E-state index in [4.69, 9.17) is 14.2 Å². The van der Waals surface area contributed by atoms with Crippen LogP contribution in [0.4, 0.5) is 5.69 Å². The van der Waals surface area contributed by atoms with Gasteiger partial charge in [-0.1, -0.05) is 35.4 Å². The molecule has 0 saturated carbocycles. The van der Waals surface area contributed by atoms with Crippen molar-refractivity contribution in [2.45, 2.75) is 18.7 Å². The summed E-state index contributed by atoms with van der Waals surface area (Å²) in [5.74, 6) is 0.671. The molecule has 190 valence electrons. The van der Waals surface area contributed by atoms with Crippen LogP contribution in [0.3, 0.4) is 0 Å². The molecular formula is C26H29N3O6S. The molecule has 3 aromatic carbocycles. The van der Waals surface area contributed by atoms with Crippen LogP contribution in [-0.4, -0.2) is 48.4 Å². The Morgan fingerprint density at radius 3 is 1.92 bits per heavy atom. The molecular weight excluding hydrogens is 482 g/mol. The summed E-state index contributed by atoms with van der Waals surface area (Å²) in [6, 6.07) is 16.7. The summed E-state index contributed by atoms with van der Waals surface area (Å²) in [7, 11) is 0.479. The van der Waals surface area contributed by atoms with Crippen LogP contribution in [0.15, 0.2) is 70.7 Å². The summed E-state index contributed by atoms with van der Waals surface area (Å²) in [4.78, 5) is 12.8. The van der Waals surface area contributed by atoms with Gasteiger partial charge in [-0.15, -0.1) is 0 Å². The molecule has 0 radical (unpaired) electrons. The number of hydrogen-bond donors (Lipinski definition) is 1. The molecule has 0 aromatic heterocycles. The first-order chi connectivity index (χ1) is 17.2. The number of nitrogens with one attached hydrogen (secondary N) is 1.